The molecule has 1 amide bonds. The Balaban J connectivity index is 1.57. The molecule has 0 atom stereocenters. The van der Waals surface area contributed by atoms with Crippen LogP contribution in [0.3, 0.4) is 0 Å². The Bertz CT molecular complexity index is 1070. The van der Waals surface area contributed by atoms with Gasteiger partial charge in [0, 0.05) is 29.9 Å². The van der Waals surface area contributed by atoms with Gasteiger partial charge >= 0.3 is 0 Å². The maximum Gasteiger partial charge on any atom is 0.223 e. The van der Waals surface area contributed by atoms with Crippen LogP contribution in [0.5, 0.6) is 0 Å². The molecule has 1 heterocycles. The van der Waals surface area contributed by atoms with Gasteiger partial charge in [-0.3, -0.25) is 4.79 Å². The summed E-state index contributed by atoms with van der Waals surface area (Å²) in [5.74, 6) is -0.116. The Hall–Kier alpha value is -2.24. The van der Waals surface area contributed by atoms with Crippen molar-refractivity contribution in [3.8, 4) is 0 Å². The average molecular weight is 483 g/mol. The smallest absolute Gasteiger partial charge is 0.223 e. The van der Waals surface area contributed by atoms with Crippen molar-refractivity contribution in [2.24, 2.45) is 0 Å². The number of amides is 1. The molecule has 3 aromatic carbocycles. The molecule has 0 aliphatic carbocycles. The maximum absolute atomic E-state index is 13.5. The van der Waals surface area contributed by atoms with E-state index in [2.05, 4.69) is 52.1 Å². The van der Waals surface area contributed by atoms with E-state index in [9.17, 15) is 9.18 Å². The molecule has 1 saturated heterocycles. The minimum Gasteiger partial charge on any atom is -0.341 e. The second-order valence-electron chi connectivity index (χ2n) is 8.80. The van der Waals surface area contributed by atoms with Gasteiger partial charge in [-0.15, -0.1) is 0 Å². The summed E-state index contributed by atoms with van der Waals surface area (Å²) in [5.41, 5.74) is 1.95. The van der Waals surface area contributed by atoms with Gasteiger partial charge in [0.1, 0.15) is 5.82 Å². The van der Waals surface area contributed by atoms with Crippen molar-refractivity contribution in [1.82, 2.24) is 9.80 Å². The van der Waals surface area contributed by atoms with Gasteiger partial charge in [0.15, 0.2) is 0 Å². The first kappa shape index (κ1) is 22.0. The third-order valence-corrected chi connectivity index (χ3v) is 7.09. The third kappa shape index (κ3) is 4.83. The van der Waals surface area contributed by atoms with E-state index in [4.69, 9.17) is 0 Å². The van der Waals surface area contributed by atoms with Crippen LogP contribution in [-0.4, -0.2) is 42.9 Å². The Kier molecular flexibility index (Phi) is 6.44. The van der Waals surface area contributed by atoms with Gasteiger partial charge in [-0.2, -0.15) is 0 Å². The van der Waals surface area contributed by atoms with Crippen LogP contribution in [0.4, 0.5) is 4.39 Å². The standard InChI is InChI=1S/C26H28BrFN2O/c1-29-13-11-26(12-14-29,21-7-9-23(28)10-8-21)17-25(31)30(2)18-20-16-22(27)15-19-5-3-4-6-24(19)20/h3-10,15-16H,11-14,17-18H2,1-2H3. The number of hydrogen-bond acceptors (Lipinski definition) is 2. The molecule has 1 aliphatic rings. The normalized spacial score (nSPS) is 16.4. The molecule has 31 heavy (non-hydrogen) atoms. The number of carbonyl (C=O) groups excluding carboxylic acids is 1. The first-order valence-electron chi connectivity index (χ1n) is 10.7. The summed E-state index contributed by atoms with van der Waals surface area (Å²) in [6, 6.07) is 19.2. The Morgan fingerprint density at radius 3 is 2.48 bits per heavy atom. The molecule has 4 rings (SSSR count). The molecule has 5 heteroatoms. The van der Waals surface area contributed by atoms with Crippen molar-refractivity contribution in [3.05, 3.63) is 82.1 Å². The molecule has 3 aromatic rings. The van der Waals surface area contributed by atoms with Crippen LogP contribution in [0.25, 0.3) is 10.8 Å². The van der Waals surface area contributed by atoms with Gasteiger partial charge in [-0.25, -0.2) is 4.39 Å². The van der Waals surface area contributed by atoms with E-state index in [0.717, 1.165) is 52.3 Å². The van der Waals surface area contributed by atoms with Crippen molar-refractivity contribution in [2.45, 2.75) is 31.2 Å². The summed E-state index contributed by atoms with van der Waals surface area (Å²) in [6.07, 6.45) is 2.23. The predicted octanol–water partition coefficient (Wildman–Crippen LogP) is 5.75. The van der Waals surface area contributed by atoms with Gasteiger partial charge < -0.3 is 9.80 Å². The summed E-state index contributed by atoms with van der Waals surface area (Å²) >= 11 is 3.60. The highest BCUT2D eigenvalue weighted by Gasteiger charge is 2.38. The van der Waals surface area contributed by atoms with Gasteiger partial charge in [0.05, 0.1) is 0 Å². The Morgan fingerprint density at radius 2 is 1.77 bits per heavy atom. The van der Waals surface area contributed by atoms with Crippen LogP contribution in [0.2, 0.25) is 0 Å². The minimum atomic E-state index is -0.245. The number of nitrogens with zero attached hydrogens (tertiary/aromatic N) is 2. The number of hydrogen-bond donors (Lipinski definition) is 0. The van der Waals surface area contributed by atoms with Crippen molar-refractivity contribution in [1.29, 1.82) is 0 Å². The van der Waals surface area contributed by atoms with Crippen molar-refractivity contribution in [3.63, 3.8) is 0 Å². The number of rotatable bonds is 5. The molecular weight excluding hydrogens is 455 g/mol. The summed E-state index contributed by atoms with van der Waals surface area (Å²) in [7, 11) is 3.99. The highest BCUT2D eigenvalue weighted by molar-refractivity contribution is 9.10. The number of likely N-dealkylation sites (tertiary alicyclic amines) is 1. The van der Waals surface area contributed by atoms with E-state index >= 15 is 0 Å². The number of fused-ring (bicyclic) bond motifs is 1. The molecule has 1 aliphatic heterocycles. The van der Waals surface area contributed by atoms with Crippen molar-refractivity contribution >= 4 is 32.6 Å². The molecule has 3 nitrogen and oxygen atoms in total. The summed E-state index contributed by atoms with van der Waals surface area (Å²) in [4.78, 5) is 17.5. The van der Waals surface area contributed by atoms with Gasteiger partial charge in [0.2, 0.25) is 5.91 Å². The molecule has 0 radical (unpaired) electrons. The molecule has 0 aromatic heterocycles. The third-order valence-electron chi connectivity index (χ3n) is 6.64. The van der Waals surface area contributed by atoms with Crippen LogP contribution in [0.15, 0.2) is 65.1 Å². The molecular formula is C26H28BrFN2O. The highest BCUT2D eigenvalue weighted by atomic mass is 79.9. The number of benzene rings is 3. The maximum atomic E-state index is 13.5. The van der Waals surface area contributed by atoms with E-state index in [0.29, 0.717) is 13.0 Å². The van der Waals surface area contributed by atoms with Crippen LogP contribution >= 0.6 is 15.9 Å². The quantitative estimate of drug-likeness (QED) is 0.461. The zero-order chi connectivity index (χ0) is 22.0. The fraction of sp³-hybridized carbons (Fsp3) is 0.346. The lowest BCUT2D eigenvalue weighted by Gasteiger charge is -2.41. The molecule has 0 bridgehead atoms. The fourth-order valence-electron chi connectivity index (χ4n) is 4.67. The van der Waals surface area contributed by atoms with Gasteiger partial charge in [0.25, 0.3) is 0 Å². The Labute approximate surface area is 192 Å². The lowest BCUT2D eigenvalue weighted by Crippen LogP contribution is -2.44. The fourth-order valence-corrected chi connectivity index (χ4v) is 5.19. The summed E-state index contributed by atoms with van der Waals surface area (Å²) in [5, 5.41) is 2.32. The van der Waals surface area contributed by atoms with Crippen LogP contribution in [0.1, 0.15) is 30.4 Å². The molecule has 0 N–H and O–H groups in total. The van der Waals surface area contributed by atoms with E-state index < -0.39 is 0 Å². The SMILES string of the molecule is CN1CCC(CC(=O)N(C)Cc2cc(Br)cc3ccccc23)(c2ccc(F)cc2)CC1. The highest BCUT2D eigenvalue weighted by Crippen LogP contribution is 2.39. The lowest BCUT2D eigenvalue weighted by molar-refractivity contribution is -0.132. The number of halogens is 2. The van der Waals surface area contributed by atoms with Crippen molar-refractivity contribution < 1.29 is 9.18 Å². The van der Waals surface area contributed by atoms with Gasteiger partial charge in [-0.1, -0.05) is 52.3 Å². The van der Waals surface area contributed by atoms with Crippen molar-refractivity contribution in [2.75, 3.05) is 27.2 Å². The second kappa shape index (κ2) is 9.09. The topological polar surface area (TPSA) is 23.6 Å². The molecule has 0 saturated carbocycles. The molecule has 1 fully saturated rings. The lowest BCUT2D eigenvalue weighted by atomic mass is 9.70. The van der Waals surface area contributed by atoms with Gasteiger partial charge in [-0.05, 0) is 79.1 Å². The second-order valence-corrected chi connectivity index (χ2v) is 9.72. The first-order valence-corrected chi connectivity index (χ1v) is 11.5. The number of carbonyl (C=O) groups is 1. The summed E-state index contributed by atoms with van der Waals surface area (Å²) in [6.45, 7) is 2.42. The molecule has 162 valence electrons. The monoisotopic (exact) mass is 482 g/mol. The number of piperidine rings is 1. The van der Waals surface area contributed by atoms with E-state index in [1.807, 2.05) is 36.2 Å². The summed E-state index contributed by atoms with van der Waals surface area (Å²) < 4.78 is 14.6. The van der Waals surface area contributed by atoms with Crippen LogP contribution < -0.4 is 0 Å². The van der Waals surface area contributed by atoms with Crippen LogP contribution in [0, 0.1) is 5.82 Å². The molecule has 0 unspecified atom stereocenters. The Morgan fingerprint density at radius 1 is 1.10 bits per heavy atom. The first-order chi connectivity index (χ1) is 14.9. The zero-order valence-corrected chi connectivity index (χ0v) is 19.7. The van der Waals surface area contributed by atoms with E-state index in [1.165, 1.54) is 12.1 Å². The van der Waals surface area contributed by atoms with E-state index in [1.54, 1.807) is 0 Å². The van der Waals surface area contributed by atoms with Crippen LogP contribution in [-0.2, 0) is 16.8 Å². The zero-order valence-electron chi connectivity index (χ0n) is 18.1. The minimum absolute atomic E-state index is 0.123. The predicted molar refractivity (Wildman–Crippen MR) is 128 cm³/mol. The van der Waals surface area contributed by atoms with E-state index in [-0.39, 0.29) is 17.1 Å². The molecule has 0 spiro atoms. The largest absolute Gasteiger partial charge is 0.341 e. The average Bonchev–Trinajstić information content (AvgIpc) is 2.76.